The number of benzene rings is 3. The summed E-state index contributed by atoms with van der Waals surface area (Å²) in [4.78, 5) is 51.6. The highest BCUT2D eigenvalue weighted by Gasteiger charge is 2.27. The highest BCUT2D eigenvalue weighted by atomic mass is 16.6. The van der Waals surface area contributed by atoms with E-state index in [1.165, 1.54) is 12.1 Å². The van der Waals surface area contributed by atoms with Gasteiger partial charge < -0.3 is 30.0 Å². The zero-order chi connectivity index (χ0) is 30.3. The standard InChI is InChI=1S/C32H34N2O8/c1-32(2,3)42-27(36)18-34-30(37)25-13-11-22(17-26(35)40-19-20-8-5-4-6-9-20)28-29(25)39-15-7-10-21-16-23(33)12-14-24(21)31(38)41-28/h4-6,8-9,11-14,16H,7,10,15,17-19,33H2,1-3H3,(H,34,37). The molecule has 0 fully saturated rings. The molecule has 0 bridgehead atoms. The molecule has 220 valence electrons. The number of nitrogens with two attached hydrogens (primary N) is 1. The summed E-state index contributed by atoms with van der Waals surface area (Å²) in [5, 5.41) is 2.53. The van der Waals surface area contributed by atoms with Gasteiger partial charge in [0.05, 0.1) is 24.2 Å². The van der Waals surface area contributed by atoms with E-state index >= 15 is 0 Å². The second-order valence-electron chi connectivity index (χ2n) is 10.8. The molecule has 0 saturated carbocycles. The predicted octanol–water partition coefficient (Wildman–Crippen LogP) is 4.17. The average molecular weight is 575 g/mol. The Morgan fingerprint density at radius 3 is 2.48 bits per heavy atom. The lowest BCUT2D eigenvalue weighted by Gasteiger charge is -2.21. The normalized spacial score (nSPS) is 13.0. The van der Waals surface area contributed by atoms with Gasteiger partial charge in [0.25, 0.3) is 5.91 Å². The lowest BCUT2D eigenvalue weighted by Crippen LogP contribution is -2.35. The minimum atomic E-state index is -0.719. The largest absolute Gasteiger partial charge is 0.489 e. The maximum absolute atomic E-state index is 13.4. The van der Waals surface area contributed by atoms with Crippen molar-refractivity contribution in [3.63, 3.8) is 0 Å². The number of hydrogen-bond acceptors (Lipinski definition) is 9. The van der Waals surface area contributed by atoms with E-state index in [1.807, 2.05) is 30.3 Å². The zero-order valence-corrected chi connectivity index (χ0v) is 23.9. The van der Waals surface area contributed by atoms with Crippen LogP contribution >= 0.6 is 0 Å². The molecule has 10 nitrogen and oxygen atoms in total. The Bertz CT molecular complexity index is 1480. The van der Waals surface area contributed by atoms with Crippen molar-refractivity contribution in [1.29, 1.82) is 0 Å². The minimum absolute atomic E-state index is 0.0164. The maximum Gasteiger partial charge on any atom is 0.343 e. The zero-order valence-electron chi connectivity index (χ0n) is 23.9. The van der Waals surface area contributed by atoms with Gasteiger partial charge in [-0.2, -0.15) is 0 Å². The summed E-state index contributed by atoms with van der Waals surface area (Å²) < 4.78 is 22.5. The minimum Gasteiger partial charge on any atom is -0.489 e. The van der Waals surface area contributed by atoms with Gasteiger partial charge in [0.1, 0.15) is 18.8 Å². The number of fused-ring (bicyclic) bond motifs is 2. The lowest BCUT2D eigenvalue weighted by atomic mass is 10.0. The van der Waals surface area contributed by atoms with Gasteiger partial charge in [-0.15, -0.1) is 0 Å². The van der Waals surface area contributed by atoms with E-state index in [0.717, 1.165) is 5.56 Å². The van der Waals surface area contributed by atoms with Crippen LogP contribution < -0.4 is 20.5 Å². The van der Waals surface area contributed by atoms with Crippen LogP contribution in [0.1, 0.15) is 64.6 Å². The molecule has 0 saturated heterocycles. The summed E-state index contributed by atoms with van der Waals surface area (Å²) in [6, 6.07) is 17.1. The summed E-state index contributed by atoms with van der Waals surface area (Å²) in [5.41, 5.74) is 7.87. The van der Waals surface area contributed by atoms with Crippen molar-refractivity contribution in [3.05, 3.63) is 88.5 Å². The first-order valence-corrected chi connectivity index (χ1v) is 13.6. The predicted molar refractivity (Wildman–Crippen MR) is 154 cm³/mol. The molecule has 1 amide bonds. The van der Waals surface area contributed by atoms with Crippen LogP contribution in [0, 0.1) is 0 Å². The van der Waals surface area contributed by atoms with Crippen molar-refractivity contribution in [1.82, 2.24) is 5.32 Å². The molecule has 3 N–H and O–H groups in total. The number of carbonyl (C=O) groups is 4. The SMILES string of the molecule is CC(C)(C)OC(=O)CNC(=O)c1ccc(CC(=O)OCc2ccccc2)c2c1OCCCc1cc(N)ccc1C(=O)O2. The molecule has 1 heterocycles. The fourth-order valence-electron chi connectivity index (χ4n) is 4.35. The van der Waals surface area contributed by atoms with Gasteiger partial charge in [0.2, 0.25) is 0 Å². The number of ether oxygens (including phenoxy) is 4. The van der Waals surface area contributed by atoms with E-state index < -0.39 is 29.4 Å². The van der Waals surface area contributed by atoms with Crippen LogP contribution in [-0.2, 0) is 38.5 Å². The first-order chi connectivity index (χ1) is 20.0. The molecule has 42 heavy (non-hydrogen) atoms. The molecule has 0 spiro atoms. The Balaban J connectivity index is 1.65. The molecular weight excluding hydrogens is 540 g/mol. The maximum atomic E-state index is 13.4. The Morgan fingerprint density at radius 1 is 0.976 bits per heavy atom. The highest BCUT2D eigenvalue weighted by molar-refractivity contribution is 6.00. The van der Waals surface area contributed by atoms with Crippen LogP contribution in [0.4, 0.5) is 5.69 Å². The number of amides is 1. The third kappa shape index (κ3) is 8.09. The molecule has 0 unspecified atom stereocenters. The van der Waals surface area contributed by atoms with Crippen molar-refractivity contribution in [2.75, 3.05) is 18.9 Å². The monoisotopic (exact) mass is 574 g/mol. The van der Waals surface area contributed by atoms with E-state index in [9.17, 15) is 19.2 Å². The van der Waals surface area contributed by atoms with Crippen LogP contribution in [0.15, 0.2) is 60.7 Å². The number of nitrogens with one attached hydrogen (secondary N) is 1. The number of rotatable bonds is 7. The number of carbonyl (C=O) groups excluding carboxylic acids is 4. The second-order valence-corrected chi connectivity index (χ2v) is 10.8. The smallest absolute Gasteiger partial charge is 0.343 e. The third-order valence-electron chi connectivity index (χ3n) is 6.21. The molecule has 3 aromatic carbocycles. The molecule has 4 rings (SSSR count). The van der Waals surface area contributed by atoms with Gasteiger partial charge in [0.15, 0.2) is 11.5 Å². The number of nitrogen functional groups attached to an aromatic ring is 1. The quantitative estimate of drug-likeness (QED) is 0.241. The molecular formula is C32H34N2O8. The van der Waals surface area contributed by atoms with Crippen LogP contribution in [0.2, 0.25) is 0 Å². The Hall–Kier alpha value is -4.86. The molecule has 1 aliphatic rings. The molecule has 10 heteroatoms. The van der Waals surface area contributed by atoms with E-state index in [2.05, 4.69) is 5.32 Å². The lowest BCUT2D eigenvalue weighted by molar-refractivity contribution is -0.153. The van der Waals surface area contributed by atoms with E-state index in [4.69, 9.17) is 24.7 Å². The van der Waals surface area contributed by atoms with E-state index in [1.54, 1.807) is 39.0 Å². The molecule has 1 aliphatic heterocycles. The fourth-order valence-corrected chi connectivity index (χ4v) is 4.35. The Morgan fingerprint density at radius 2 is 1.74 bits per heavy atom. The van der Waals surface area contributed by atoms with Crippen LogP contribution in [0.3, 0.4) is 0 Å². The van der Waals surface area contributed by atoms with Crippen molar-refractivity contribution in [3.8, 4) is 11.5 Å². The molecule has 0 aliphatic carbocycles. The summed E-state index contributed by atoms with van der Waals surface area (Å²) in [5.74, 6) is -2.61. The van der Waals surface area contributed by atoms with E-state index in [-0.39, 0.29) is 48.8 Å². The van der Waals surface area contributed by atoms with E-state index in [0.29, 0.717) is 29.7 Å². The number of hydrogen-bond donors (Lipinski definition) is 2. The van der Waals surface area contributed by atoms with Crippen LogP contribution in [-0.4, -0.2) is 42.6 Å². The number of anilines is 1. The second kappa shape index (κ2) is 13.2. The molecule has 0 atom stereocenters. The summed E-state index contributed by atoms with van der Waals surface area (Å²) in [7, 11) is 0. The molecule has 0 aromatic heterocycles. The Kier molecular flexibility index (Phi) is 9.46. The average Bonchev–Trinajstić information content (AvgIpc) is 2.93. The third-order valence-corrected chi connectivity index (χ3v) is 6.21. The van der Waals surface area contributed by atoms with Crippen molar-refractivity contribution >= 4 is 29.5 Å². The first-order valence-electron chi connectivity index (χ1n) is 13.6. The van der Waals surface area contributed by atoms with Gasteiger partial charge in [-0.3, -0.25) is 14.4 Å². The number of esters is 3. The van der Waals surface area contributed by atoms with Gasteiger partial charge in [-0.1, -0.05) is 36.4 Å². The molecule has 0 radical (unpaired) electrons. The summed E-state index contributed by atoms with van der Waals surface area (Å²) in [6.45, 7) is 5.02. The van der Waals surface area contributed by atoms with Crippen molar-refractivity contribution < 1.29 is 38.1 Å². The fraction of sp³-hybridized carbons (Fsp3) is 0.312. The van der Waals surface area contributed by atoms with Crippen molar-refractivity contribution in [2.45, 2.75) is 52.2 Å². The van der Waals surface area contributed by atoms with Crippen LogP contribution in [0.25, 0.3) is 0 Å². The first kappa shape index (κ1) is 30.1. The van der Waals surface area contributed by atoms with Crippen LogP contribution in [0.5, 0.6) is 11.5 Å². The summed E-state index contributed by atoms with van der Waals surface area (Å²) >= 11 is 0. The Labute approximate surface area is 244 Å². The van der Waals surface area contributed by atoms with Gasteiger partial charge >= 0.3 is 17.9 Å². The van der Waals surface area contributed by atoms with Gasteiger partial charge in [0, 0.05) is 11.3 Å². The molecule has 3 aromatic rings. The summed E-state index contributed by atoms with van der Waals surface area (Å²) in [6.07, 6.45) is 0.738. The highest BCUT2D eigenvalue weighted by Crippen LogP contribution is 2.38. The van der Waals surface area contributed by atoms with Crippen molar-refractivity contribution in [2.24, 2.45) is 0 Å². The van der Waals surface area contributed by atoms with Gasteiger partial charge in [-0.25, -0.2) is 4.79 Å². The number of aryl methyl sites for hydroxylation is 1. The van der Waals surface area contributed by atoms with Gasteiger partial charge in [-0.05, 0) is 69.0 Å². The topological polar surface area (TPSA) is 143 Å².